The van der Waals surface area contributed by atoms with Crippen LogP contribution in [0.2, 0.25) is 0 Å². The van der Waals surface area contributed by atoms with Gasteiger partial charge in [-0.1, -0.05) is 49.7 Å². The maximum absolute atomic E-state index is 14.9. The van der Waals surface area contributed by atoms with E-state index in [0.29, 0.717) is 6.54 Å². The normalized spacial score (nSPS) is 23.6. The van der Waals surface area contributed by atoms with Crippen molar-refractivity contribution in [3.05, 3.63) is 70.8 Å². The molecule has 5 rings (SSSR count). The fourth-order valence-corrected chi connectivity index (χ4v) is 6.05. The second-order valence-corrected chi connectivity index (χ2v) is 11.1. The van der Waals surface area contributed by atoms with Gasteiger partial charge in [-0.05, 0) is 79.5 Å². The predicted molar refractivity (Wildman–Crippen MR) is 138 cm³/mol. The van der Waals surface area contributed by atoms with Gasteiger partial charge in [0.05, 0.1) is 6.04 Å². The molecule has 0 N–H and O–H groups in total. The first-order valence-electron chi connectivity index (χ1n) is 13.0. The first kappa shape index (κ1) is 23.6. The molecule has 0 bridgehead atoms. The Morgan fingerprint density at radius 3 is 2.50 bits per heavy atom. The summed E-state index contributed by atoms with van der Waals surface area (Å²) >= 11 is 0. The van der Waals surface area contributed by atoms with Crippen LogP contribution >= 0.6 is 0 Å². The van der Waals surface area contributed by atoms with Crippen LogP contribution in [0.25, 0.3) is 5.57 Å². The highest BCUT2D eigenvalue weighted by Crippen LogP contribution is 2.49. The van der Waals surface area contributed by atoms with Crippen molar-refractivity contribution < 1.29 is 9.13 Å². The fourth-order valence-electron chi connectivity index (χ4n) is 6.05. The van der Waals surface area contributed by atoms with E-state index in [1.54, 1.807) is 13.8 Å². The monoisotopic (exact) mass is 462 g/mol. The lowest BCUT2D eigenvalue weighted by atomic mass is 9.84. The SMILES string of the molecule is CCC1CN(CCOc2ccc([C@@H]3C4=C(C[C@@H](C)N3CC(C)(C)F)c3ccccc3C4)cc2)C1. The Morgan fingerprint density at radius 2 is 1.79 bits per heavy atom. The van der Waals surface area contributed by atoms with Crippen molar-refractivity contribution in [3.63, 3.8) is 0 Å². The van der Waals surface area contributed by atoms with E-state index in [0.717, 1.165) is 37.7 Å². The van der Waals surface area contributed by atoms with Gasteiger partial charge >= 0.3 is 0 Å². The number of ether oxygens (including phenoxy) is 1. The summed E-state index contributed by atoms with van der Waals surface area (Å²) in [5.74, 6) is 1.79. The van der Waals surface area contributed by atoms with Crippen LogP contribution in [-0.2, 0) is 6.42 Å². The minimum absolute atomic E-state index is 0.0993. The molecule has 0 unspecified atom stereocenters. The summed E-state index contributed by atoms with van der Waals surface area (Å²) < 4.78 is 21.0. The molecule has 1 aliphatic carbocycles. The summed E-state index contributed by atoms with van der Waals surface area (Å²) in [6.07, 6.45) is 3.22. The first-order valence-corrected chi connectivity index (χ1v) is 13.0. The van der Waals surface area contributed by atoms with Gasteiger partial charge in [0.1, 0.15) is 18.0 Å². The molecule has 0 spiro atoms. The van der Waals surface area contributed by atoms with Crippen LogP contribution < -0.4 is 4.74 Å². The predicted octanol–water partition coefficient (Wildman–Crippen LogP) is 6.30. The van der Waals surface area contributed by atoms with E-state index in [1.165, 1.54) is 47.3 Å². The minimum atomic E-state index is -1.24. The van der Waals surface area contributed by atoms with Gasteiger partial charge in [0, 0.05) is 32.2 Å². The van der Waals surface area contributed by atoms with Crippen LogP contribution in [-0.4, -0.2) is 54.3 Å². The van der Waals surface area contributed by atoms with Gasteiger partial charge in [0.25, 0.3) is 0 Å². The Balaban J connectivity index is 1.35. The molecule has 4 heteroatoms. The molecule has 0 amide bonds. The first-order chi connectivity index (χ1) is 16.3. The zero-order valence-corrected chi connectivity index (χ0v) is 21.2. The van der Waals surface area contributed by atoms with Crippen LogP contribution in [0.1, 0.15) is 63.3 Å². The molecule has 2 aliphatic heterocycles. The standard InChI is InChI=1S/C30H39FN2O/c1-5-22-18-32(19-22)14-15-34-25-12-10-23(11-13-25)29-28-17-24-8-6-7-9-26(24)27(28)16-21(2)33(29)20-30(3,4)31/h6-13,21-22,29H,5,14-20H2,1-4H3/t21-,29-/m1/s1. The summed E-state index contributed by atoms with van der Waals surface area (Å²) in [5, 5.41) is 0. The number of benzene rings is 2. The summed E-state index contributed by atoms with van der Waals surface area (Å²) in [6.45, 7) is 12.5. The van der Waals surface area contributed by atoms with Crippen molar-refractivity contribution >= 4 is 5.57 Å². The maximum Gasteiger partial charge on any atom is 0.119 e. The molecule has 0 radical (unpaired) electrons. The lowest BCUT2D eigenvalue weighted by molar-refractivity contribution is 0.0701. The molecule has 3 aliphatic rings. The zero-order chi connectivity index (χ0) is 23.9. The van der Waals surface area contributed by atoms with E-state index < -0.39 is 5.67 Å². The largest absolute Gasteiger partial charge is 0.492 e. The van der Waals surface area contributed by atoms with Crippen LogP contribution in [0.5, 0.6) is 5.75 Å². The molecule has 3 nitrogen and oxygen atoms in total. The molecule has 1 saturated heterocycles. The van der Waals surface area contributed by atoms with E-state index in [9.17, 15) is 4.39 Å². The molecule has 2 heterocycles. The third kappa shape index (κ3) is 4.81. The Morgan fingerprint density at radius 1 is 1.06 bits per heavy atom. The van der Waals surface area contributed by atoms with E-state index in [-0.39, 0.29) is 12.1 Å². The van der Waals surface area contributed by atoms with Gasteiger partial charge in [-0.3, -0.25) is 9.80 Å². The minimum Gasteiger partial charge on any atom is -0.492 e. The van der Waals surface area contributed by atoms with Crippen molar-refractivity contribution in [2.24, 2.45) is 5.92 Å². The summed E-state index contributed by atoms with van der Waals surface area (Å²) in [5.41, 5.74) is 5.71. The highest BCUT2D eigenvalue weighted by molar-refractivity contribution is 5.79. The van der Waals surface area contributed by atoms with Crippen molar-refractivity contribution in [1.29, 1.82) is 0 Å². The van der Waals surface area contributed by atoms with Crippen molar-refractivity contribution in [2.45, 2.75) is 64.7 Å². The van der Waals surface area contributed by atoms with Crippen molar-refractivity contribution in [2.75, 3.05) is 32.8 Å². The average molecular weight is 463 g/mol. The van der Waals surface area contributed by atoms with Crippen LogP contribution in [0.4, 0.5) is 4.39 Å². The second kappa shape index (κ2) is 9.47. The van der Waals surface area contributed by atoms with Gasteiger partial charge in [0.2, 0.25) is 0 Å². The molecule has 182 valence electrons. The van der Waals surface area contributed by atoms with E-state index in [2.05, 4.69) is 72.2 Å². The Labute approximate surface area is 204 Å². The van der Waals surface area contributed by atoms with Crippen LogP contribution in [0, 0.1) is 5.92 Å². The molecule has 0 aromatic heterocycles. The number of halogens is 1. The smallest absolute Gasteiger partial charge is 0.119 e. The summed E-state index contributed by atoms with van der Waals surface area (Å²) in [7, 11) is 0. The molecular weight excluding hydrogens is 423 g/mol. The van der Waals surface area contributed by atoms with Gasteiger partial charge in [-0.15, -0.1) is 0 Å². The molecule has 2 aromatic rings. The maximum atomic E-state index is 14.9. The Kier molecular flexibility index (Phi) is 6.56. The zero-order valence-electron chi connectivity index (χ0n) is 21.2. The third-order valence-electron chi connectivity index (χ3n) is 7.88. The number of rotatable bonds is 8. The second-order valence-electron chi connectivity index (χ2n) is 11.1. The Hall–Kier alpha value is -2.17. The van der Waals surface area contributed by atoms with Crippen molar-refractivity contribution in [3.8, 4) is 5.75 Å². The number of hydrogen-bond donors (Lipinski definition) is 0. The lowest BCUT2D eigenvalue weighted by Gasteiger charge is -2.44. The Bertz CT molecular complexity index is 1030. The van der Waals surface area contributed by atoms with E-state index in [1.807, 2.05) is 0 Å². The molecule has 1 fully saturated rings. The number of alkyl halides is 1. The van der Waals surface area contributed by atoms with Crippen LogP contribution in [0.3, 0.4) is 0 Å². The topological polar surface area (TPSA) is 15.7 Å². The van der Waals surface area contributed by atoms with E-state index in [4.69, 9.17) is 4.74 Å². The molecule has 34 heavy (non-hydrogen) atoms. The number of likely N-dealkylation sites (tertiary alicyclic amines) is 1. The molecular formula is C30H39FN2O. The molecule has 2 aromatic carbocycles. The van der Waals surface area contributed by atoms with Gasteiger partial charge in [0.15, 0.2) is 0 Å². The number of nitrogens with zero attached hydrogens (tertiary/aromatic N) is 2. The van der Waals surface area contributed by atoms with Gasteiger partial charge in [-0.2, -0.15) is 0 Å². The number of fused-ring (bicyclic) bond motifs is 2. The lowest BCUT2D eigenvalue weighted by Crippen LogP contribution is -2.47. The molecule has 2 atom stereocenters. The highest BCUT2D eigenvalue weighted by atomic mass is 19.1. The van der Waals surface area contributed by atoms with E-state index >= 15 is 0 Å². The van der Waals surface area contributed by atoms with Gasteiger partial charge in [-0.25, -0.2) is 4.39 Å². The van der Waals surface area contributed by atoms with Crippen LogP contribution in [0.15, 0.2) is 54.1 Å². The molecule has 0 saturated carbocycles. The summed E-state index contributed by atoms with van der Waals surface area (Å²) in [4.78, 5) is 4.85. The number of hydrogen-bond acceptors (Lipinski definition) is 3. The summed E-state index contributed by atoms with van der Waals surface area (Å²) in [6, 6.07) is 17.7. The third-order valence-corrected chi connectivity index (χ3v) is 7.88. The average Bonchev–Trinajstić information content (AvgIpc) is 3.13. The van der Waals surface area contributed by atoms with Crippen molar-refractivity contribution in [1.82, 2.24) is 9.80 Å². The quantitative estimate of drug-likeness (QED) is 0.458. The highest BCUT2D eigenvalue weighted by Gasteiger charge is 2.40. The van der Waals surface area contributed by atoms with Gasteiger partial charge < -0.3 is 4.74 Å². The fraction of sp³-hybridized carbons (Fsp3) is 0.533.